The smallest absolute Gasteiger partial charge is 0.228 e. The molecule has 3 aromatic carbocycles. The maximum absolute atomic E-state index is 12.3. The molecule has 1 aliphatic heterocycles. The van der Waals surface area contributed by atoms with Crippen molar-refractivity contribution in [2.75, 3.05) is 16.8 Å². The van der Waals surface area contributed by atoms with Crippen molar-refractivity contribution >= 4 is 23.0 Å². The first-order chi connectivity index (χ1) is 12.7. The van der Waals surface area contributed by atoms with E-state index in [0.29, 0.717) is 6.42 Å². The van der Waals surface area contributed by atoms with E-state index in [1.165, 1.54) is 16.8 Å². The summed E-state index contributed by atoms with van der Waals surface area (Å²) < 4.78 is 0. The molecule has 0 aromatic heterocycles. The molecule has 0 radical (unpaired) electrons. The second kappa shape index (κ2) is 7.04. The number of fused-ring (bicyclic) bond motifs is 1. The molecule has 0 saturated carbocycles. The zero-order valence-corrected chi connectivity index (χ0v) is 14.9. The second-order valence-electron chi connectivity index (χ2n) is 6.79. The van der Waals surface area contributed by atoms with E-state index in [9.17, 15) is 4.79 Å². The third kappa shape index (κ3) is 3.47. The number of hydrogen-bond donors (Lipinski definition) is 1. The molecule has 0 saturated heterocycles. The lowest BCUT2D eigenvalue weighted by Crippen LogP contribution is -2.15. The van der Waals surface area contributed by atoms with Gasteiger partial charge in [-0.05, 0) is 54.8 Å². The number of anilines is 3. The third-order valence-corrected chi connectivity index (χ3v) is 4.84. The van der Waals surface area contributed by atoms with Gasteiger partial charge >= 0.3 is 0 Å². The van der Waals surface area contributed by atoms with Crippen molar-refractivity contribution in [3.63, 3.8) is 0 Å². The van der Waals surface area contributed by atoms with E-state index < -0.39 is 0 Å². The van der Waals surface area contributed by atoms with Gasteiger partial charge in [0.15, 0.2) is 0 Å². The molecule has 0 bridgehead atoms. The number of amides is 1. The highest BCUT2D eigenvalue weighted by atomic mass is 16.1. The summed E-state index contributed by atoms with van der Waals surface area (Å²) in [6, 6.07) is 24.7. The van der Waals surface area contributed by atoms with Gasteiger partial charge in [0.1, 0.15) is 0 Å². The maximum atomic E-state index is 12.3. The fraction of sp³-hybridized carbons (Fsp3) is 0.174. The molecule has 26 heavy (non-hydrogen) atoms. The third-order valence-electron chi connectivity index (χ3n) is 4.84. The Kier molecular flexibility index (Phi) is 4.44. The Balaban J connectivity index is 1.42. The first-order valence-electron chi connectivity index (χ1n) is 9.00. The molecule has 0 spiro atoms. The molecule has 3 aromatic rings. The SMILES string of the molecule is Cc1ccc(CC(=O)Nc2ccc(N3CCc4ccccc43)cc2)cc1. The molecule has 1 aliphatic rings. The fourth-order valence-corrected chi connectivity index (χ4v) is 3.43. The van der Waals surface area contributed by atoms with Crippen LogP contribution in [-0.4, -0.2) is 12.5 Å². The lowest BCUT2D eigenvalue weighted by Gasteiger charge is -2.20. The molecule has 0 aliphatic carbocycles. The van der Waals surface area contributed by atoms with Gasteiger partial charge in [0.2, 0.25) is 5.91 Å². The first kappa shape index (κ1) is 16.4. The largest absolute Gasteiger partial charge is 0.341 e. The highest BCUT2D eigenvalue weighted by molar-refractivity contribution is 5.92. The van der Waals surface area contributed by atoms with Crippen molar-refractivity contribution in [1.82, 2.24) is 0 Å². The molecule has 3 nitrogen and oxygen atoms in total. The van der Waals surface area contributed by atoms with Crippen molar-refractivity contribution in [3.8, 4) is 0 Å². The van der Waals surface area contributed by atoms with Crippen LogP contribution in [0.1, 0.15) is 16.7 Å². The summed E-state index contributed by atoms with van der Waals surface area (Å²) >= 11 is 0. The molecule has 1 N–H and O–H groups in total. The normalized spacial score (nSPS) is 12.7. The van der Waals surface area contributed by atoms with Gasteiger partial charge in [-0.2, -0.15) is 0 Å². The summed E-state index contributed by atoms with van der Waals surface area (Å²) in [5.41, 5.74) is 6.89. The number of benzene rings is 3. The minimum atomic E-state index is 0.00752. The summed E-state index contributed by atoms with van der Waals surface area (Å²) in [4.78, 5) is 14.6. The Morgan fingerprint density at radius 2 is 1.69 bits per heavy atom. The lowest BCUT2D eigenvalue weighted by atomic mass is 10.1. The first-order valence-corrected chi connectivity index (χ1v) is 9.00. The molecular weight excluding hydrogens is 320 g/mol. The molecule has 4 rings (SSSR count). The molecule has 0 unspecified atom stereocenters. The predicted molar refractivity (Wildman–Crippen MR) is 107 cm³/mol. The van der Waals surface area contributed by atoms with Crippen LogP contribution in [0.25, 0.3) is 0 Å². The van der Waals surface area contributed by atoms with E-state index in [0.717, 1.165) is 29.9 Å². The number of nitrogens with zero attached hydrogens (tertiary/aromatic N) is 1. The van der Waals surface area contributed by atoms with E-state index in [1.54, 1.807) is 0 Å². The molecule has 1 amide bonds. The Morgan fingerprint density at radius 1 is 0.962 bits per heavy atom. The zero-order chi connectivity index (χ0) is 17.9. The average Bonchev–Trinajstić information content (AvgIpc) is 3.08. The van der Waals surface area contributed by atoms with Crippen LogP contribution in [0.4, 0.5) is 17.1 Å². The number of carbonyl (C=O) groups is 1. The molecule has 0 atom stereocenters. The van der Waals surface area contributed by atoms with Crippen LogP contribution in [0.3, 0.4) is 0 Å². The Morgan fingerprint density at radius 3 is 2.46 bits per heavy atom. The Labute approximate surface area is 154 Å². The summed E-state index contributed by atoms with van der Waals surface area (Å²) in [5, 5.41) is 2.98. The van der Waals surface area contributed by atoms with Crippen LogP contribution in [0, 0.1) is 6.92 Å². The maximum Gasteiger partial charge on any atom is 0.228 e. The van der Waals surface area contributed by atoms with Gasteiger partial charge < -0.3 is 10.2 Å². The van der Waals surface area contributed by atoms with Crippen molar-refractivity contribution in [3.05, 3.63) is 89.5 Å². The van der Waals surface area contributed by atoms with Crippen LogP contribution in [-0.2, 0) is 17.6 Å². The molecule has 130 valence electrons. The Bertz CT molecular complexity index is 914. The Hall–Kier alpha value is -3.07. The van der Waals surface area contributed by atoms with Crippen molar-refractivity contribution in [2.24, 2.45) is 0 Å². The van der Waals surface area contributed by atoms with Gasteiger partial charge in [-0.1, -0.05) is 48.0 Å². The van der Waals surface area contributed by atoms with Gasteiger partial charge in [0.05, 0.1) is 6.42 Å². The number of aryl methyl sites for hydroxylation is 1. The van der Waals surface area contributed by atoms with Crippen LogP contribution >= 0.6 is 0 Å². The van der Waals surface area contributed by atoms with E-state index in [2.05, 4.69) is 46.6 Å². The van der Waals surface area contributed by atoms with Crippen LogP contribution in [0.2, 0.25) is 0 Å². The quantitative estimate of drug-likeness (QED) is 0.733. The van der Waals surface area contributed by atoms with Crippen LogP contribution in [0.5, 0.6) is 0 Å². The molecule has 1 heterocycles. The van der Waals surface area contributed by atoms with E-state index >= 15 is 0 Å². The van der Waals surface area contributed by atoms with Crippen LogP contribution in [0.15, 0.2) is 72.8 Å². The minimum absolute atomic E-state index is 0.00752. The number of rotatable bonds is 4. The number of nitrogens with one attached hydrogen (secondary N) is 1. The number of para-hydroxylation sites is 1. The van der Waals surface area contributed by atoms with E-state index in [-0.39, 0.29) is 5.91 Å². The summed E-state index contributed by atoms with van der Waals surface area (Å²) in [6.45, 7) is 3.04. The van der Waals surface area contributed by atoms with Gasteiger partial charge in [0.25, 0.3) is 0 Å². The highest BCUT2D eigenvalue weighted by Crippen LogP contribution is 2.34. The zero-order valence-electron chi connectivity index (χ0n) is 14.9. The lowest BCUT2D eigenvalue weighted by molar-refractivity contribution is -0.115. The topological polar surface area (TPSA) is 32.3 Å². The van der Waals surface area contributed by atoms with E-state index in [4.69, 9.17) is 0 Å². The van der Waals surface area contributed by atoms with Gasteiger partial charge in [-0.15, -0.1) is 0 Å². The fourth-order valence-electron chi connectivity index (χ4n) is 3.43. The van der Waals surface area contributed by atoms with Gasteiger partial charge in [-0.25, -0.2) is 0 Å². The van der Waals surface area contributed by atoms with E-state index in [1.807, 2.05) is 43.3 Å². The van der Waals surface area contributed by atoms with Gasteiger partial charge in [-0.3, -0.25) is 4.79 Å². The summed E-state index contributed by atoms with van der Waals surface area (Å²) in [7, 11) is 0. The molecule has 0 fully saturated rings. The number of hydrogen-bond acceptors (Lipinski definition) is 2. The monoisotopic (exact) mass is 342 g/mol. The second-order valence-corrected chi connectivity index (χ2v) is 6.79. The standard InChI is InChI=1S/C23H22N2O/c1-17-6-8-18(9-7-17)16-23(26)24-20-10-12-21(13-11-20)25-15-14-19-4-2-3-5-22(19)25/h2-13H,14-16H2,1H3,(H,24,26). The molecular formula is C23H22N2O. The van der Waals surface area contributed by atoms with Crippen molar-refractivity contribution < 1.29 is 4.79 Å². The minimum Gasteiger partial charge on any atom is -0.341 e. The van der Waals surface area contributed by atoms with Gasteiger partial charge in [0, 0.05) is 23.6 Å². The summed E-state index contributed by atoms with van der Waals surface area (Å²) in [5.74, 6) is 0.00752. The predicted octanol–water partition coefficient (Wildman–Crippen LogP) is 4.87. The summed E-state index contributed by atoms with van der Waals surface area (Å²) in [6.07, 6.45) is 1.47. The molecule has 3 heteroatoms. The average molecular weight is 342 g/mol. The van der Waals surface area contributed by atoms with Crippen LogP contribution < -0.4 is 10.2 Å². The highest BCUT2D eigenvalue weighted by Gasteiger charge is 2.19. The van der Waals surface area contributed by atoms with Crippen molar-refractivity contribution in [1.29, 1.82) is 0 Å². The van der Waals surface area contributed by atoms with Crippen molar-refractivity contribution in [2.45, 2.75) is 19.8 Å². The number of carbonyl (C=O) groups excluding carboxylic acids is 1.